The SMILES string of the molecule is CCNC(=NCC1CCN(C2CC2)C1)NC1CCN(CC(F)(F)F)C1. The molecule has 2 heterocycles. The van der Waals surface area contributed by atoms with Crippen molar-refractivity contribution < 1.29 is 13.2 Å². The predicted octanol–water partition coefficient (Wildman–Crippen LogP) is 1.66. The van der Waals surface area contributed by atoms with Gasteiger partial charge >= 0.3 is 6.18 Å². The molecule has 1 saturated carbocycles. The van der Waals surface area contributed by atoms with Crippen LogP contribution >= 0.6 is 0 Å². The van der Waals surface area contributed by atoms with Crippen molar-refractivity contribution in [2.75, 3.05) is 45.8 Å². The van der Waals surface area contributed by atoms with E-state index in [1.165, 1.54) is 30.7 Å². The van der Waals surface area contributed by atoms with Crippen molar-refractivity contribution in [2.24, 2.45) is 10.9 Å². The molecule has 25 heavy (non-hydrogen) atoms. The van der Waals surface area contributed by atoms with Gasteiger partial charge in [0.1, 0.15) is 0 Å². The van der Waals surface area contributed by atoms with E-state index in [4.69, 9.17) is 4.99 Å². The fraction of sp³-hybridized carbons (Fsp3) is 0.941. The molecule has 2 atom stereocenters. The number of halogens is 3. The minimum absolute atomic E-state index is 0.0340. The van der Waals surface area contributed by atoms with Crippen molar-refractivity contribution in [1.82, 2.24) is 20.4 Å². The van der Waals surface area contributed by atoms with E-state index in [1.54, 1.807) is 0 Å². The zero-order chi connectivity index (χ0) is 17.9. The van der Waals surface area contributed by atoms with E-state index >= 15 is 0 Å². The first kappa shape index (κ1) is 18.8. The van der Waals surface area contributed by atoms with E-state index in [-0.39, 0.29) is 6.04 Å². The minimum atomic E-state index is -4.12. The van der Waals surface area contributed by atoms with Crippen LogP contribution in [0.5, 0.6) is 0 Å². The first-order chi connectivity index (χ1) is 11.9. The summed E-state index contributed by atoms with van der Waals surface area (Å²) in [6.45, 7) is 5.95. The lowest BCUT2D eigenvalue weighted by Gasteiger charge is -2.20. The highest BCUT2D eigenvalue weighted by atomic mass is 19.4. The van der Waals surface area contributed by atoms with E-state index in [2.05, 4.69) is 15.5 Å². The highest BCUT2D eigenvalue weighted by Gasteiger charge is 2.35. The van der Waals surface area contributed by atoms with Crippen LogP contribution in [0.15, 0.2) is 4.99 Å². The quantitative estimate of drug-likeness (QED) is 0.558. The molecule has 8 heteroatoms. The van der Waals surface area contributed by atoms with Gasteiger partial charge in [-0.3, -0.25) is 9.89 Å². The Morgan fingerprint density at radius 2 is 1.92 bits per heavy atom. The molecule has 1 aliphatic carbocycles. The lowest BCUT2D eigenvalue weighted by atomic mass is 10.1. The number of aliphatic imine (C=N–C) groups is 1. The summed E-state index contributed by atoms with van der Waals surface area (Å²) in [7, 11) is 0. The molecule has 5 nitrogen and oxygen atoms in total. The molecule has 0 amide bonds. The zero-order valence-electron chi connectivity index (χ0n) is 15.0. The highest BCUT2D eigenvalue weighted by molar-refractivity contribution is 5.80. The maximum atomic E-state index is 12.5. The largest absolute Gasteiger partial charge is 0.401 e. The maximum absolute atomic E-state index is 12.5. The number of likely N-dealkylation sites (tertiary alicyclic amines) is 2. The van der Waals surface area contributed by atoms with Gasteiger partial charge in [-0.05, 0) is 45.1 Å². The third-order valence-corrected chi connectivity index (χ3v) is 5.25. The van der Waals surface area contributed by atoms with Crippen LogP contribution in [0.2, 0.25) is 0 Å². The van der Waals surface area contributed by atoms with Crippen LogP contribution in [0.25, 0.3) is 0 Å². The average molecular weight is 361 g/mol. The molecule has 2 N–H and O–H groups in total. The van der Waals surface area contributed by atoms with Crippen molar-refractivity contribution in [3.63, 3.8) is 0 Å². The van der Waals surface area contributed by atoms with Crippen molar-refractivity contribution >= 4 is 5.96 Å². The van der Waals surface area contributed by atoms with Gasteiger partial charge in [-0.1, -0.05) is 0 Å². The van der Waals surface area contributed by atoms with Crippen LogP contribution in [0.4, 0.5) is 13.2 Å². The molecule has 2 saturated heterocycles. The van der Waals surface area contributed by atoms with Crippen LogP contribution in [-0.4, -0.2) is 79.8 Å². The van der Waals surface area contributed by atoms with Gasteiger partial charge in [0.15, 0.2) is 5.96 Å². The first-order valence-electron chi connectivity index (χ1n) is 9.51. The molecule has 2 unspecified atom stereocenters. The number of rotatable bonds is 6. The second-order valence-corrected chi connectivity index (χ2v) is 7.58. The van der Waals surface area contributed by atoms with Gasteiger partial charge in [0.25, 0.3) is 0 Å². The molecular weight excluding hydrogens is 331 g/mol. The van der Waals surface area contributed by atoms with Crippen molar-refractivity contribution in [3.8, 4) is 0 Å². The van der Waals surface area contributed by atoms with E-state index in [9.17, 15) is 13.2 Å². The van der Waals surface area contributed by atoms with Crippen LogP contribution in [0, 0.1) is 5.92 Å². The van der Waals surface area contributed by atoms with Crippen LogP contribution < -0.4 is 10.6 Å². The minimum Gasteiger partial charge on any atom is -0.357 e. The Morgan fingerprint density at radius 3 is 2.60 bits per heavy atom. The van der Waals surface area contributed by atoms with Gasteiger partial charge in [-0.15, -0.1) is 0 Å². The summed E-state index contributed by atoms with van der Waals surface area (Å²) in [5, 5.41) is 6.55. The topological polar surface area (TPSA) is 42.9 Å². The Bertz CT molecular complexity index is 464. The normalized spacial score (nSPS) is 29.4. The predicted molar refractivity (Wildman–Crippen MR) is 92.7 cm³/mol. The van der Waals surface area contributed by atoms with E-state index in [1.807, 2.05) is 6.92 Å². The Kier molecular flexibility index (Phi) is 6.09. The summed E-state index contributed by atoms with van der Waals surface area (Å²) in [6, 6.07) is 0.852. The van der Waals surface area contributed by atoms with Gasteiger partial charge in [-0.2, -0.15) is 13.2 Å². The number of nitrogens with one attached hydrogen (secondary N) is 2. The van der Waals surface area contributed by atoms with Gasteiger partial charge in [0.2, 0.25) is 0 Å². The summed E-state index contributed by atoms with van der Waals surface area (Å²) >= 11 is 0. The molecule has 3 aliphatic rings. The standard InChI is InChI=1S/C17H30F3N5/c1-2-21-16(22-9-13-5-8-25(10-13)15-3-4-15)23-14-6-7-24(11-14)12-17(18,19)20/h13-15H,2-12H2,1H3,(H2,21,22,23). The number of hydrogen-bond acceptors (Lipinski definition) is 3. The Balaban J connectivity index is 1.44. The van der Waals surface area contributed by atoms with Gasteiger partial charge in [-0.25, -0.2) is 0 Å². The Labute approximate surface area is 148 Å². The lowest BCUT2D eigenvalue weighted by molar-refractivity contribution is -0.143. The van der Waals surface area contributed by atoms with E-state index in [0.717, 1.165) is 38.1 Å². The molecular formula is C17H30F3N5. The maximum Gasteiger partial charge on any atom is 0.401 e. The molecule has 0 radical (unpaired) electrons. The van der Waals surface area contributed by atoms with E-state index < -0.39 is 12.7 Å². The molecule has 0 spiro atoms. The van der Waals surface area contributed by atoms with Crippen molar-refractivity contribution in [2.45, 2.75) is 50.9 Å². The zero-order valence-corrected chi connectivity index (χ0v) is 15.0. The number of alkyl halides is 3. The number of hydrogen-bond donors (Lipinski definition) is 2. The summed E-state index contributed by atoms with van der Waals surface area (Å²) in [6.07, 6.45) is 0.484. The van der Waals surface area contributed by atoms with Crippen molar-refractivity contribution in [1.29, 1.82) is 0 Å². The fourth-order valence-corrected chi connectivity index (χ4v) is 3.86. The summed E-state index contributed by atoms with van der Waals surface area (Å²) < 4.78 is 37.5. The molecule has 0 aromatic carbocycles. The average Bonchev–Trinajstić information content (AvgIpc) is 3.12. The molecule has 3 rings (SSSR count). The Morgan fingerprint density at radius 1 is 1.12 bits per heavy atom. The molecule has 0 bridgehead atoms. The summed E-state index contributed by atoms with van der Waals surface area (Å²) in [5.41, 5.74) is 0. The van der Waals surface area contributed by atoms with Crippen LogP contribution in [0.1, 0.15) is 32.6 Å². The summed E-state index contributed by atoms with van der Waals surface area (Å²) in [5.74, 6) is 1.34. The number of guanidine groups is 1. The molecule has 144 valence electrons. The second-order valence-electron chi connectivity index (χ2n) is 7.58. The second kappa shape index (κ2) is 8.12. The van der Waals surface area contributed by atoms with Gasteiger partial charge in [0.05, 0.1) is 6.54 Å². The molecule has 3 fully saturated rings. The Hall–Kier alpha value is -1.02. The fourth-order valence-electron chi connectivity index (χ4n) is 3.86. The van der Waals surface area contributed by atoms with E-state index in [0.29, 0.717) is 19.0 Å². The van der Waals surface area contributed by atoms with Crippen LogP contribution in [0.3, 0.4) is 0 Å². The first-order valence-corrected chi connectivity index (χ1v) is 9.51. The van der Waals surface area contributed by atoms with Gasteiger partial charge < -0.3 is 15.5 Å². The molecule has 0 aromatic heterocycles. The smallest absolute Gasteiger partial charge is 0.357 e. The van der Waals surface area contributed by atoms with Crippen LogP contribution in [-0.2, 0) is 0 Å². The number of nitrogens with zero attached hydrogens (tertiary/aromatic N) is 3. The third kappa shape index (κ3) is 6.02. The van der Waals surface area contributed by atoms with Gasteiger partial charge in [0, 0.05) is 44.8 Å². The lowest BCUT2D eigenvalue weighted by Crippen LogP contribution is -2.45. The molecule has 2 aliphatic heterocycles. The summed E-state index contributed by atoms with van der Waals surface area (Å²) in [4.78, 5) is 8.74. The monoisotopic (exact) mass is 361 g/mol. The molecule has 0 aromatic rings. The van der Waals surface area contributed by atoms with Crippen molar-refractivity contribution in [3.05, 3.63) is 0 Å². The highest BCUT2D eigenvalue weighted by Crippen LogP contribution is 2.31. The third-order valence-electron chi connectivity index (χ3n) is 5.25.